The summed E-state index contributed by atoms with van der Waals surface area (Å²) in [7, 11) is 0. The van der Waals surface area contributed by atoms with Crippen molar-refractivity contribution in [2.45, 2.75) is 6.92 Å². The van der Waals surface area contributed by atoms with E-state index in [9.17, 15) is 4.91 Å². The van der Waals surface area contributed by atoms with E-state index >= 15 is 0 Å². The van der Waals surface area contributed by atoms with Crippen molar-refractivity contribution < 1.29 is 0 Å². The van der Waals surface area contributed by atoms with Crippen LogP contribution in [0.1, 0.15) is 5.69 Å². The fourth-order valence-corrected chi connectivity index (χ4v) is 0.444. The Balaban J connectivity index is 3.09. The molecule has 0 unspecified atom stereocenters. The molecule has 8 heavy (non-hydrogen) atoms. The Morgan fingerprint density at radius 2 is 2.62 bits per heavy atom. The minimum Gasteiger partial charge on any atom is -0.347 e. The first-order valence-electron chi connectivity index (χ1n) is 2.18. The highest BCUT2D eigenvalue weighted by Gasteiger charge is 1.95. The summed E-state index contributed by atoms with van der Waals surface area (Å²) in [4.78, 5) is 16.1. The highest BCUT2D eigenvalue weighted by molar-refractivity contribution is 5.30. The monoisotopic (exact) mass is 111 g/mol. The Bertz CT molecular complexity index is 193. The van der Waals surface area contributed by atoms with Crippen molar-refractivity contribution in [1.29, 1.82) is 0 Å². The second kappa shape index (κ2) is 1.73. The molecule has 0 atom stereocenters. The van der Waals surface area contributed by atoms with Gasteiger partial charge in [-0.15, -0.1) is 4.91 Å². The number of hydrogen-bond donors (Lipinski definition) is 1. The summed E-state index contributed by atoms with van der Waals surface area (Å²) < 4.78 is 0. The molecular weight excluding hydrogens is 106 g/mol. The van der Waals surface area contributed by atoms with Gasteiger partial charge in [0.15, 0.2) is 0 Å². The molecule has 1 rings (SSSR count). The van der Waals surface area contributed by atoms with Crippen molar-refractivity contribution in [1.82, 2.24) is 9.97 Å². The molecule has 1 N–H and O–H groups in total. The van der Waals surface area contributed by atoms with Gasteiger partial charge in [-0.25, -0.2) is 4.98 Å². The van der Waals surface area contributed by atoms with Crippen LogP contribution in [0.3, 0.4) is 0 Å². The molecule has 1 heterocycles. The third-order valence-electron chi connectivity index (χ3n) is 0.890. The lowest BCUT2D eigenvalue weighted by atomic mass is 10.5. The SMILES string of the molecule is Cc1[nH]cnc1N=O. The zero-order valence-corrected chi connectivity index (χ0v) is 4.38. The smallest absolute Gasteiger partial charge is 0.217 e. The number of rotatable bonds is 1. The van der Waals surface area contributed by atoms with Gasteiger partial charge in [0, 0.05) is 0 Å². The largest absolute Gasteiger partial charge is 0.347 e. The highest BCUT2D eigenvalue weighted by Crippen LogP contribution is 2.09. The number of aryl methyl sites for hydroxylation is 1. The van der Waals surface area contributed by atoms with Gasteiger partial charge in [-0.05, 0) is 12.1 Å². The molecule has 0 aliphatic rings. The van der Waals surface area contributed by atoms with Gasteiger partial charge in [0.2, 0.25) is 5.82 Å². The third kappa shape index (κ3) is 0.598. The Kier molecular flexibility index (Phi) is 1.07. The molecule has 0 radical (unpaired) electrons. The molecule has 0 saturated carbocycles. The standard InChI is InChI=1S/C4H5N3O/c1-3-4(7-8)6-2-5-3/h2H,1H3,(H,5,6). The predicted octanol–water partition coefficient (Wildman–Crippen LogP) is 1.12. The molecule has 1 aromatic rings. The minimum absolute atomic E-state index is 0.241. The summed E-state index contributed by atoms with van der Waals surface area (Å²) in [5.41, 5.74) is 0.708. The maximum atomic E-state index is 9.76. The van der Waals surface area contributed by atoms with E-state index in [-0.39, 0.29) is 5.82 Å². The average Bonchev–Trinajstić information content (AvgIpc) is 2.14. The van der Waals surface area contributed by atoms with Crippen molar-refractivity contribution in [2.24, 2.45) is 5.18 Å². The minimum atomic E-state index is 0.241. The van der Waals surface area contributed by atoms with Gasteiger partial charge in [0.25, 0.3) is 0 Å². The Morgan fingerprint density at radius 1 is 1.88 bits per heavy atom. The van der Waals surface area contributed by atoms with Crippen LogP contribution in [-0.2, 0) is 0 Å². The van der Waals surface area contributed by atoms with Gasteiger partial charge < -0.3 is 4.98 Å². The molecule has 0 aliphatic carbocycles. The second-order valence-corrected chi connectivity index (χ2v) is 1.44. The van der Waals surface area contributed by atoms with Crippen LogP contribution in [0.15, 0.2) is 11.5 Å². The van der Waals surface area contributed by atoms with Gasteiger partial charge >= 0.3 is 0 Å². The second-order valence-electron chi connectivity index (χ2n) is 1.44. The van der Waals surface area contributed by atoms with E-state index in [0.717, 1.165) is 0 Å². The predicted molar refractivity (Wildman–Crippen MR) is 28.8 cm³/mol. The molecular formula is C4H5N3O. The number of nitrogens with zero attached hydrogens (tertiary/aromatic N) is 2. The van der Waals surface area contributed by atoms with Crippen molar-refractivity contribution in [3.8, 4) is 0 Å². The summed E-state index contributed by atoms with van der Waals surface area (Å²) in [6.45, 7) is 1.74. The van der Waals surface area contributed by atoms with Crippen LogP contribution in [0.4, 0.5) is 5.82 Å². The van der Waals surface area contributed by atoms with E-state index in [1.54, 1.807) is 6.92 Å². The van der Waals surface area contributed by atoms with Crippen molar-refractivity contribution >= 4 is 5.82 Å². The van der Waals surface area contributed by atoms with E-state index < -0.39 is 0 Å². The normalized spacial score (nSPS) is 9.12. The van der Waals surface area contributed by atoms with Crippen LogP contribution in [-0.4, -0.2) is 9.97 Å². The first-order chi connectivity index (χ1) is 3.84. The molecule has 4 heteroatoms. The summed E-state index contributed by atoms with van der Waals surface area (Å²) in [6.07, 6.45) is 1.44. The first kappa shape index (κ1) is 4.96. The number of aromatic nitrogens is 2. The van der Waals surface area contributed by atoms with E-state index in [1.165, 1.54) is 6.33 Å². The maximum Gasteiger partial charge on any atom is 0.217 e. The highest BCUT2D eigenvalue weighted by atomic mass is 16.3. The number of nitroso groups, excluding NO2 is 1. The fraction of sp³-hybridized carbons (Fsp3) is 0.250. The number of hydrogen-bond acceptors (Lipinski definition) is 3. The Hall–Kier alpha value is -1.19. The van der Waals surface area contributed by atoms with E-state index in [0.29, 0.717) is 5.69 Å². The molecule has 42 valence electrons. The molecule has 0 spiro atoms. The molecule has 0 aliphatic heterocycles. The summed E-state index contributed by atoms with van der Waals surface area (Å²) in [5.74, 6) is 0.241. The lowest BCUT2D eigenvalue weighted by Gasteiger charge is -1.76. The molecule has 4 nitrogen and oxygen atoms in total. The lowest BCUT2D eigenvalue weighted by Crippen LogP contribution is -1.65. The topological polar surface area (TPSA) is 58.1 Å². The van der Waals surface area contributed by atoms with Crippen molar-refractivity contribution in [3.05, 3.63) is 16.9 Å². The molecule has 0 bridgehead atoms. The van der Waals surface area contributed by atoms with Crippen molar-refractivity contribution in [3.63, 3.8) is 0 Å². The van der Waals surface area contributed by atoms with Gasteiger partial charge in [-0.2, -0.15) is 0 Å². The van der Waals surface area contributed by atoms with E-state index in [2.05, 4.69) is 15.1 Å². The van der Waals surface area contributed by atoms with Crippen molar-refractivity contribution in [2.75, 3.05) is 0 Å². The van der Waals surface area contributed by atoms with Crippen LogP contribution in [0, 0.1) is 11.8 Å². The number of nitrogens with one attached hydrogen (secondary N) is 1. The van der Waals surface area contributed by atoms with Crippen LogP contribution in [0.2, 0.25) is 0 Å². The van der Waals surface area contributed by atoms with Crippen LogP contribution in [0.25, 0.3) is 0 Å². The van der Waals surface area contributed by atoms with Gasteiger partial charge in [-0.3, -0.25) is 0 Å². The molecule has 0 saturated heterocycles. The summed E-state index contributed by atoms with van der Waals surface area (Å²) in [5, 5.41) is 2.64. The van der Waals surface area contributed by atoms with Crippen LogP contribution >= 0.6 is 0 Å². The summed E-state index contributed by atoms with van der Waals surface area (Å²) >= 11 is 0. The zero-order valence-electron chi connectivity index (χ0n) is 4.38. The molecule has 1 aromatic heterocycles. The third-order valence-corrected chi connectivity index (χ3v) is 0.890. The Morgan fingerprint density at radius 3 is 2.88 bits per heavy atom. The van der Waals surface area contributed by atoms with E-state index in [4.69, 9.17) is 0 Å². The average molecular weight is 111 g/mol. The molecule has 0 aromatic carbocycles. The maximum absolute atomic E-state index is 9.76. The van der Waals surface area contributed by atoms with Crippen LogP contribution < -0.4 is 0 Å². The molecule has 0 fully saturated rings. The zero-order chi connectivity index (χ0) is 5.98. The number of aromatic amines is 1. The van der Waals surface area contributed by atoms with Crippen LogP contribution in [0.5, 0.6) is 0 Å². The number of H-pyrrole nitrogens is 1. The Labute approximate surface area is 45.9 Å². The van der Waals surface area contributed by atoms with Gasteiger partial charge in [0.1, 0.15) is 0 Å². The summed E-state index contributed by atoms with van der Waals surface area (Å²) in [6, 6.07) is 0. The molecule has 0 amide bonds. The van der Waals surface area contributed by atoms with Gasteiger partial charge in [-0.1, -0.05) is 0 Å². The van der Waals surface area contributed by atoms with Gasteiger partial charge in [0.05, 0.1) is 12.0 Å². The quantitative estimate of drug-likeness (QED) is 0.552. The lowest BCUT2D eigenvalue weighted by molar-refractivity contribution is 1.25. The first-order valence-corrected chi connectivity index (χ1v) is 2.18. The fourth-order valence-electron chi connectivity index (χ4n) is 0.444. The number of imidazole rings is 1. The van der Waals surface area contributed by atoms with E-state index in [1.807, 2.05) is 0 Å².